The number of hydrogen-bond acceptors (Lipinski definition) is 3. The standard InChI is InChI=1S/C19H12FN3O/c20-16-8-2-1-5-14(16)11-15(12-21)19(24)23-17-9-3-6-13-7-4-10-22-18(13)17/h1-11H,(H,23,24). The molecule has 2 aromatic carbocycles. The number of nitrogens with one attached hydrogen (secondary N) is 1. The van der Waals surface area contributed by atoms with Crippen LogP contribution in [0.1, 0.15) is 5.56 Å². The second-order valence-electron chi connectivity index (χ2n) is 5.03. The van der Waals surface area contributed by atoms with Crippen molar-refractivity contribution in [1.82, 2.24) is 4.98 Å². The van der Waals surface area contributed by atoms with Crippen LogP contribution in [-0.2, 0) is 4.79 Å². The molecule has 1 N–H and O–H groups in total. The number of nitrogens with zero attached hydrogens (tertiary/aromatic N) is 2. The maximum Gasteiger partial charge on any atom is 0.266 e. The molecule has 0 unspecified atom stereocenters. The van der Waals surface area contributed by atoms with Gasteiger partial charge >= 0.3 is 0 Å². The molecule has 5 heteroatoms. The quantitative estimate of drug-likeness (QED) is 0.588. The Labute approximate surface area is 137 Å². The van der Waals surface area contributed by atoms with Gasteiger partial charge in [0.15, 0.2) is 0 Å². The Kier molecular flexibility index (Phi) is 4.30. The van der Waals surface area contributed by atoms with Gasteiger partial charge in [0.25, 0.3) is 5.91 Å². The van der Waals surface area contributed by atoms with Gasteiger partial charge in [-0.1, -0.05) is 36.4 Å². The van der Waals surface area contributed by atoms with E-state index in [0.29, 0.717) is 11.2 Å². The summed E-state index contributed by atoms with van der Waals surface area (Å²) in [5.74, 6) is -1.11. The smallest absolute Gasteiger partial charge is 0.266 e. The molecule has 1 aromatic heterocycles. The van der Waals surface area contributed by atoms with Gasteiger partial charge in [-0.25, -0.2) is 4.39 Å². The van der Waals surface area contributed by atoms with Crippen LogP contribution in [0.2, 0.25) is 0 Å². The van der Waals surface area contributed by atoms with Crippen molar-refractivity contribution in [3.8, 4) is 6.07 Å². The van der Waals surface area contributed by atoms with E-state index in [4.69, 9.17) is 0 Å². The summed E-state index contributed by atoms with van der Waals surface area (Å²) in [6, 6.07) is 16.8. The summed E-state index contributed by atoms with van der Waals surface area (Å²) in [6.07, 6.45) is 2.85. The van der Waals surface area contributed by atoms with Crippen molar-refractivity contribution in [3.05, 3.63) is 77.7 Å². The normalized spacial score (nSPS) is 11.1. The predicted octanol–water partition coefficient (Wildman–Crippen LogP) is 3.92. The van der Waals surface area contributed by atoms with Crippen LogP contribution < -0.4 is 5.32 Å². The fourth-order valence-corrected chi connectivity index (χ4v) is 2.29. The lowest BCUT2D eigenvalue weighted by Gasteiger charge is -2.07. The molecule has 0 fully saturated rings. The number of pyridine rings is 1. The van der Waals surface area contributed by atoms with Gasteiger partial charge in [0, 0.05) is 17.1 Å². The Morgan fingerprint density at radius 3 is 2.71 bits per heavy atom. The average molecular weight is 317 g/mol. The van der Waals surface area contributed by atoms with Crippen LogP contribution in [0.15, 0.2) is 66.4 Å². The highest BCUT2D eigenvalue weighted by atomic mass is 19.1. The number of amides is 1. The largest absolute Gasteiger partial charge is 0.319 e. The van der Waals surface area contributed by atoms with Crippen LogP contribution in [-0.4, -0.2) is 10.9 Å². The van der Waals surface area contributed by atoms with E-state index >= 15 is 0 Å². The third kappa shape index (κ3) is 3.13. The molecule has 0 aliphatic carbocycles. The summed E-state index contributed by atoms with van der Waals surface area (Å²) in [7, 11) is 0. The van der Waals surface area contributed by atoms with Gasteiger partial charge in [-0.2, -0.15) is 5.26 Å². The summed E-state index contributed by atoms with van der Waals surface area (Å²) >= 11 is 0. The van der Waals surface area contributed by atoms with E-state index in [1.807, 2.05) is 18.2 Å². The van der Waals surface area contributed by atoms with Crippen LogP contribution in [0.5, 0.6) is 0 Å². The number of nitriles is 1. The van der Waals surface area contributed by atoms with E-state index in [9.17, 15) is 14.4 Å². The van der Waals surface area contributed by atoms with Crippen molar-refractivity contribution < 1.29 is 9.18 Å². The Bertz CT molecular complexity index is 984. The fraction of sp³-hybridized carbons (Fsp3) is 0. The molecule has 4 nitrogen and oxygen atoms in total. The maximum atomic E-state index is 13.7. The number of rotatable bonds is 3. The summed E-state index contributed by atoms with van der Waals surface area (Å²) < 4.78 is 13.7. The number of para-hydroxylation sites is 1. The molecule has 3 rings (SSSR count). The van der Waals surface area contributed by atoms with Gasteiger partial charge in [0.2, 0.25) is 0 Å². The van der Waals surface area contributed by atoms with Crippen molar-refractivity contribution in [2.24, 2.45) is 0 Å². The molecule has 0 saturated heterocycles. The van der Waals surface area contributed by atoms with Gasteiger partial charge in [0.1, 0.15) is 17.5 Å². The van der Waals surface area contributed by atoms with Crippen molar-refractivity contribution in [2.45, 2.75) is 0 Å². The minimum atomic E-state index is -0.612. The molecule has 0 saturated carbocycles. The van der Waals surface area contributed by atoms with Crippen LogP contribution in [0.4, 0.5) is 10.1 Å². The maximum absolute atomic E-state index is 13.7. The highest BCUT2D eigenvalue weighted by Gasteiger charge is 2.12. The molecule has 0 radical (unpaired) electrons. The third-order valence-electron chi connectivity index (χ3n) is 3.45. The number of carbonyl (C=O) groups is 1. The number of hydrogen-bond donors (Lipinski definition) is 1. The van der Waals surface area contributed by atoms with Crippen LogP contribution >= 0.6 is 0 Å². The molecule has 0 atom stereocenters. The minimum Gasteiger partial charge on any atom is -0.319 e. The molecule has 1 amide bonds. The SMILES string of the molecule is N#CC(=Cc1ccccc1F)C(=O)Nc1cccc2cccnc12. The van der Waals surface area contributed by atoms with Gasteiger partial charge in [0.05, 0.1) is 11.2 Å². The first-order chi connectivity index (χ1) is 11.7. The molecule has 0 aliphatic heterocycles. The summed E-state index contributed by atoms with van der Waals surface area (Å²) in [5, 5.41) is 12.8. The monoisotopic (exact) mass is 317 g/mol. The lowest BCUT2D eigenvalue weighted by atomic mass is 10.1. The first-order valence-electron chi connectivity index (χ1n) is 7.20. The molecule has 3 aromatic rings. The van der Waals surface area contributed by atoms with E-state index in [-0.39, 0.29) is 11.1 Å². The predicted molar refractivity (Wildman–Crippen MR) is 90.4 cm³/mol. The van der Waals surface area contributed by atoms with E-state index in [1.54, 1.807) is 36.5 Å². The van der Waals surface area contributed by atoms with Crippen LogP contribution in [0.3, 0.4) is 0 Å². The highest BCUT2D eigenvalue weighted by molar-refractivity contribution is 6.12. The minimum absolute atomic E-state index is 0.181. The highest BCUT2D eigenvalue weighted by Crippen LogP contribution is 2.21. The Hall–Kier alpha value is -3.52. The lowest BCUT2D eigenvalue weighted by molar-refractivity contribution is -0.112. The molecular formula is C19H12FN3O. The van der Waals surface area contributed by atoms with E-state index in [2.05, 4.69) is 10.3 Å². The van der Waals surface area contributed by atoms with E-state index in [0.717, 1.165) is 5.39 Å². The number of aromatic nitrogens is 1. The molecule has 0 aliphatic rings. The van der Waals surface area contributed by atoms with Gasteiger partial charge in [-0.05, 0) is 24.3 Å². The summed E-state index contributed by atoms with van der Waals surface area (Å²) in [4.78, 5) is 16.6. The molecule has 0 bridgehead atoms. The lowest BCUT2D eigenvalue weighted by Crippen LogP contribution is -2.14. The Morgan fingerprint density at radius 2 is 1.92 bits per heavy atom. The van der Waals surface area contributed by atoms with Crippen LogP contribution in [0, 0.1) is 17.1 Å². The number of anilines is 1. The van der Waals surface area contributed by atoms with Crippen molar-refractivity contribution >= 4 is 28.6 Å². The zero-order chi connectivity index (χ0) is 16.9. The number of fused-ring (bicyclic) bond motifs is 1. The first kappa shape index (κ1) is 15.4. The number of carbonyl (C=O) groups excluding carboxylic acids is 1. The van der Waals surface area contributed by atoms with E-state index < -0.39 is 11.7 Å². The Morgan fingerprint density at radius 1 is 1.12 bits per heavy atom. The van der Waals surface area contributed by atoms with E-state index in [1.165, 1.54) is 18.2 Å². The van der Waals surface area contributed by atoms with Crippen LogP contribution in [0.25, 0.3) is 17.0 Å². The zero-order valence-corrected chi connectivity index (χ0v) is 12.5. The topological polar surface area (TPSA) is 65.8 Å². The first-order valence-corrected chi connectivity index (χ1v) is 7.20. The molecule has 116 valence electrons. The zero-order valence-electron chi connectivity index (χ0n) is 12.5. The molecular weight excluding hydrogens is 305 g/mol. The van der Waals surface area contributed by atoms with Gasteiger partial charge in [-0.3, -0.25) is 9.78 Å². The second kappa shape index (κ2) is 6.71. The average Bonchev–Trinajstić information content (AvgIpc) is 2.61. The fourth-order valence-electron chi connectivity index (χ4n) is 2.29. The molecule has 1 heterocycles. The molecule has 24 heavy (non-hydrogen) atoms. The van der Waals surface area contributed by atoms with Crippen molar-refractivity contribution in [2.75, 3.05) is 5.32 Å². The number of halogens is 1. The Balaban J connectivity index is 1.93. The van der Waals surface area contributed by atoms with Gasteiger partial charge in [-0.15, -0.1) is 0 Å². The van der Waals surface area contributed by atoms with Gasteiger partial charge < -0.3 is 5.32 Å². The second-order valence-corrected chi connectivity index (χ2v) is 5.03. The summed E-state index contributed by atoms with van der Waals surface area (Å²) in [6.45, 7) is 0. The molecule has 0 spiro atoms. The number of benzene rings is 2. The summed E-state index contributed by atoms with van der Waals surface area (Å²) in [5.41, 5.74) is 1.11. The van der Waals surface area contributed by atoms with Crippen molar-refractivity contribution in [3.63, 3.8) is 0 Å². The third-order valence-corrected chi connectivity index (χ3v) is 3.45. The van der Waals surface area contributed by atoms with Crippen molar-refractivity contribution in [1.29, 1.82) is 5.26 Å².